The first kappa shape index (κ1) is 14.8. The molecule has 0 amide bonds. The highest BCUT2D eigenvalue weighted by molar-refractivity contribution is 5.34. The third kappa shape index (κ3) is 2.21. The molecule has 0 N–H and O–H groups in total. The Bertz CT molecular complexity index is 622. The lowest BCUT2D eigenvalue weighted by molar-refractivity contribution is -0.384. The molecule has 0 spiro atoms. The van der Waals surface area contributed by atoms with Gasteiger partial charge in [-0.1, -0.05) is 0 Å². The first-order chi connectivity index (χ1) is 11.6. The maximum absolute atomic E-state index is 10.9. The van der Waals surface area contributed by atoms with Crippen molar-refractivity contribution >= 4 is 5.69 Å². The zero-order chi connectivity index (χ0) is 16.3. The van der Waals surface area contributed by atoms with Crippen LogP contribution in [-0.2, 0) is 4.74 Å². The molecule has 1 unspecified atom stereocenters. The van der Waals surface area contributed by atoms with Crippen LogP contribution >= 0.6 is 0 Å². The van der Waals surface area contributed by atoms with Gasteiger partial charge in [-0.15, -0.1) is 0 Å². The van der Waals surface area contributed by atoms with Crippen LogP contribution in [0.3, 0.4) is 0 Å². The van der Waals surface area contributed by atoms with Gasteiger partial charge in [-0.25, -0.2) is 0 Å². The van der Waals surface area contributed by atoms with Gasteiger partial charge in [-0.05, 0) is 74.0 Å². The van der Waals surface area contributed by atoms with Crippen LogP contribution in [0.5, 0.6) is 0 Å². The highest BCUT2D eigenvalue weighted by Gasteiger charge is 2.55. The molecule has 0 radical (unpaired) electrons. The lowest BCUT2D eigenvalue weighted by atomic mass is 9.52. The Labute approximate surface area is 142 Å². The molecule has 5 heteroatoms. The Hall–Kier alpha value is -1.46. The van der Waals surface area contributed by atoms with Crippen molar-refractivity contribution in [2.24, 2.45) is 17.8 Å². The Balaban J connectivity index is 1.44. The molecule has 4 bridgehead atoms. The summed E-state index contributed by atoms with van der Waals surface area (Å²) >= 11 is 0. The molecule has 5 fully saturated rings. The summed E-state index contributed by atoms with van der Waals surface area (Å²) < 4.78 is 6.10. The predicted octanol–water partition coefficient (Wildman–Crippen LogP) is 3.89. The second-order valence-corrected chi connectivity index (χ2v) is 8.41. The van der Waals surface area contributed by atoms with Crippen molar-refractivity contribution in [1.29, 1.82) is 0 Å². The van der Waals surface area contributed by atoms with Crippen LogP contribution in [0, 0.1) is 27.9 Å². The van der Waals surface area contributed by atoms with Gasteiger partial charge < -0.3 is 4.74 Å². The van der Waals surface area contributed by atoms with Crippen molar-refractivity contribution in [2.45, 2.75) is 50.3 Å². The second kappa shape index (κ2) is 5.27. The average Bonchev–Trinajstić information content (AvgIpc) is 3.04. The SMILES string of the molecule is O=[N+]([O-])c1ccc(C2OCCN2C23CC4CC(CC(C4)C2)C3)cc1. The molecule has 5 nitrogen and oxygen atoms in total. The summed E-state index contributed by atoms with van der Waals surface area (Å²) in [7, 11) is 0. The highest BCUT2D eigenvalue weighted by atomic mass is 16.6. The highest BCUT2D eigenvalue weighted by Crippen LogP contribution is 2.59. The first-order valence-corrected chi connectivity index (χ1v) is 9.26. The van der Waals surface area contributed by atoms with E-state index in [2.05, 4.69) is 4.90 Å². The van der Waals surface area contributed by atoms with Crippen LogP contribution in [0.4, 0.5) is 5.69 Å². The fourth-order valence-corrected chi connectivity index (χ4v) is 6.41. The molecule has 4 saturated carbocycles. The minimum absolute atomic E-state index is 0.0259. The summed E-state index contributed by atoms with van der Waals surface area (Å²) in [6.07, 6.45) is 8.27. The third-order valence-corrected chi connectivity index (χ3v) is 6.90. The number of benzene rings is 1. The normalized spacial score (nSPS) is 41.0. The predicted molar refractivity (Wildman–Crippen MR) is 89.4 cm³/mol. The minimum Gasteiger partial charge on any atom is -0.357 e. The number of ether oxygens (including phenoxy) is 1. The van der Waals surface area contributed by atoms with Crippen molar-refractivity contribution in [1.82, 2.24) is 4.90 Å². The first-order valence-electron chi connectivity index (χ1n) is 9.26. The molecule has 1 aromatic carbocycles. The summed E-state index contributed by atoms with van der Waals surface area (Å²) in [6, 6.07) is 6.97. The van der Waals surface area contributed by atoms with Crippen LogP contribution in [-0.4, -0.2) is 28.5 Å². The molecule has 24 heavy (non-hydrogen) atoms. The van der Waals surface area contributed by atoms with Crippen molar-refractivity contribution < 1.29 is 9.66 Å². The number of hydrogen-bond acceptors (Lipinski definition) is 4. The summed E-state index contributed by atoms with van der Waals surface area (Å²) in [6.45, 7) is 1.76. The molecule has 1 aromatic rings. The number of rotatable bonds is 3. The van der Waals surface area contributed by atoms with E-state index in [9.17, 15) is 10.1 Å². The van der Waals surface area contributed by atoms with Crippen molar-refractivity contribution in [3.8, 4) is 0 Å². The van der Waals surface area contributed by atoms with E-state index < -0.39 is 0 Å². The van der Waals surface area contributed by atoms with E-state index in [1.54, 1.807) is 12.1 Å². The van der Waals surface area contributed by atoms with Crippen LogP contribution < -0.4 is 0 Å². The van der Waals surface area contributed by atoms with Gasteiger partial charge in [0.1, 0.15) is 6.23 Å². The Morgan fingerprint density at radius 3 is 2.17 bits per heavy atom. The molecule has 4 aliphatic carbocycles. The molecule has 1 saturated heterocycles. The summed E-state index contributed by atoms with van der Waals surface area (Å²) in [4.78, 5) is 13.2. The molecule has 6 rings (SSSR count). The van der Waals surface area contributed by atoms with Gasteiger partial charge in [0, 0.05) is 24.2 Å². The smallest absolute Gasteiger partial charge is 0.269 e. The van der Waals surface area contributed by atoms with Gasteiger partial charge in [0.25, 0.3) is 5.69 Å². The van der Waals surface area contributed by atoms with E-state index in [0.717, 1.165) is 36.5 Å². The van der Waals surface area contributed by atoms with Gasteiger partial charge in [0.15, 0.2) is 0 Å². The maximum Gasteiger partial charge on any atom is 0.269 e. The summed E-state index contributed by atoms with van der Waals surface area (Å²) in [5, 5.41) is 10.9. The van der Waals surface area contributed by atoms with Gasteiger partial charge in [0.05, 0.1) is 11.5 Å². The Kier molecular flexibility index (Phi) is 3.26. The fraction of sp³-hybridized carbons (Fsp3) is 0.684. The summed E-state index contributed by atoms with van der Waals surface area (Å²) in [5.41, 5.74) is 1.53. The zero-order valence-electron chi connectivity index (χ0n) is 13.9. The largest absolute Gasteiger partial charge is 0.357 e. The number of non-ortho nitro benzene ring substituents is 1. The van der Waals surface area contributed by atoms with Gasteiger partial charge in [-0.2, -0.15) is 0 Å². The van der Waals surface area contributed by atoms with E-state index in [0.29, 0.717) is 5.54 Å². The van der Waals surface area contributed by atoms with Crippen molar-refractivity contribution in [2.75, 3.05) is 13.2 Å². The van der Waals surface area contributed by atoms with Gasteiger partial charge in [0.2, 0.25) is 0 Å². The second-order valence-electron chi connectivity index (χ2n) is 8.41. The Morgan fingerprint density at radius 2 is 1.62 bits per heavy atom. The van der Waals surface area contributed by atoms with Crippen LogP contribution in [0.1, 0.15) is 50.3 Å². The number of nitro groups is 1. The zero-order valence-corrected chi connectivity index (χ0v) is 13.9. The lowest BCUT2D eigenvalue weighted by Gasteiger charge is -2.60. The van der Waals surface area contributed by atoms with Gasteiger partial charge in [-0.3, -0.25) is 15.0 Å². The average molecular weight is 328 g/mol. The standard InChI is InChI=1S/C19H24N2O3/c22-21(23)17-3-1-16(2-4-17)18-20(5-6-24-18)19-10-13-7-14(11-19)9-15(8-13)12-19/h1-4,13-15,18H,5-12H2. The van der Waals surface area contributed by atoms with Crippen LogP contribution in [0.25, 0.3) is 0 Å². The van der Waals surface area contributed by atoms with Crippen molar-refractivity contribution in [3.05, 3.63) is 39.9 Å². The Morgan fingerprint density at radius 1 is 1.04 bits per heavy atom. The quantitative estimate of drug-likeness (QED) is 0.624. The van der Waals surface area contributed by atoms with E-state index in [1.807, 2.05) is 12.1 Å². The number of nitrogens with zero attached hydrogens (tertiary/aromatic N) is 2. The molecular weight excluding hydrogens is 304 g/mol. The van der Waals surface area contributed by atoms with Crippen LogP contribution in [0.2, 0.25) is 0 Å². The summed E-state index contributed by atoms with van der Waals surface area (Å²) in [5.74, 6) is 2.73. The number of hydrogen-bond donors (Lipinski definition) is 0. The minimum atomic E-state index is -0.337. The van der Waals surface area contributed by atoms with Crippen molar-refractivity contribution in [3.63, 3.8) is 0 Å². The molecular formula is C19H24N2O3. The molecule has 1 atom stereocenters. The molecule has 0 aromatic heterocycles. The van der Waals surface area contributed by atoms with Crippen LogP contribution in [0.15, 0.2) is 24.3 Å². The fourth-order valence-electron chi connectivity index (χ4n) is 6.41. The third-order valence-electron chi connectivity index (χ3n) is 6.90. The lowest BCUT2D eigenvalue weighted by Crippen LogP contribution is -2.59. The molecule has 1 aliphatic heterocycles. The van der Waals surface area contributed by atoms with E-state index in [-0.39, 0.29) is 16.8 Å². The molecule has 128 valence electrons. The van der Waals surface area contributed by atoms with E-state index in [1.165, 1.54) is 38.5 Å². The molecule has 5 aliphatic rings. The van der Waals surface area contributed by atoms with E-state index >= 15 is 0 Å². The van der Waals surface area contributed by atoms with E-state index in [4.69, 9.17) is 4.74 Å². The maximum atomic E-state index is 10.9. The number of nitro benzene ring substituents is 1. The molecule has 1 heterocycles. The van der Waals surface area contributed by atoms with Gasteiger partial charge >= 0.3 is 0 Å². The monoisotopic (exact) mass is 328 g/mol. The topological polar surface area (TPSA) is 55.6 Å².